The van der Waals surface area contributed by atoms with Crippen LogP contribution in [0.5, 0.6) is 5.75 Å². The van der Waals surface area contributed by atoms with Crippen LogP contribution in [0, 0.1) is 13.8 Å². The molecule has 0 unspecified atom stereocenters. The van der Waals surface area contributed by atoms with Crippen LogP contribution >= 0.6 is 0 Å². The SMILES string of the molecule is Cc1cc(O)c(NS(=O)(=O)c2ccccc2)cc1C. The summed E-state index contributed by atoms with van der Waals surface area (Å²) in [6.45, 7) is 3.71. The summed E-state index contributed by atoms with van der Waals surface area (Å²) in [6.07, 6.45) is 0. The van der Waals surface area contributed by atoms with Crippen molar-refractivity contribution >= 4 is 15.7 Å². The summed E-state index contributed by atoms with van der Waals surface area (Å²) >= 11 is 0. The molecular weight excluding hydrogens is 262 g/mol. The molecule has 2 rings (SSSR count). The minimum Gasteiger partial charge on any atom is -0.506 e. The smallest absolute Gasteiger partial charge is 0.262 e. The highest BCUT2D eigenvalue weighted by atomic mass is 32.2. The maximum Gasteiger partial charge on any atom is 0.262 e. The lowest BCUT2D eigenvalue weighted by Crippen LogP contribution is -2.13. The number of phenols is 1. The lowest BCUT2D eigenvalue weighted by atomic mass is 10.1. The lowest BCUT2D eigenvalue weighted by molar-refractivity contribution is 0.477. The van der Waals surface area contributed by atoms with Gasteiger partial charge in [0.1, 0.15) is 5.75 Å². The largest absolute Gasteiger partial charge is 0.506 e. The predicted molar refractivity (Wildman–Crippen MR) is 74.8 cm³/mol. The van der Waals surface area contributed by atoms with Crippen LogP contribution in [-0.2, 0) is 10.0 Å². The topological polar surface area (TPSA) is 66.4 Å². The fraction of sp³-hybridized carbons (Fsp3) is 0.143. The third-order valence-corrected chi connectivity index (χ3v) is 4.29. The van der Waals surface area contributed by atoms with E-state index >= 15 is 0 Å². The molecule has 100 valence electrons. The van der Waals surface area contributed by atoms with Gasteiger partial charge in [0.15, 0.2) is 0 Å². The molecule has 0 aliphatic rings. The molecule has 0 fully saturated rings. The molecule has 2 N–H and O–H groups in total. The molecule has 5 heteroatoms. The van der Waals surface area contributed by atoms with Crippen molar-refractivity contribution in [3.05, 3.63) is 53.6 Å². The van der Waals surface area contributed by atoms with E-state index in [-0.39, 0.29) is 16.3 Å². The first-order chi connectivity index (χ1) is 8.90. The summed E-state index contributed by atoms with van der Waals surface area (Å²) in [5.41, 5.74) is 2.00. The van der Waals surface area contributed by atoms with E-state index in [1.165, 1.54) is 18.2 Å². The van der Waals surface area contributed by atoms with Crippen molar-refractivity contribution in [1.29, 1.82) is 0 Å². The third kappa shape index (κ3) is 2.88. The Labute approximate surface area is 112 Å². The van der Waals surface area contributed by atoms with Crippen LogP contribution in [0.4, 0.5) is 5.69 Å². The van der Waals surface area contributed by atoms with Crippen molar-refractivity contribution < 1.29 is 13.5 Å². The summed E-state index contributed by atoms with van der Waals surface area (Å²) in [6, 6.07) is 11.2. The van der Waals surface area contributed by atoms with Gasteiger partial charge in [0.2, 0.25) is 0 Å². The number of hydrogen-bond donors (Lipinski definition) is 2. The Morgan fingerprint density at radius 3 is 2.21 bits per heavy atom. The van der Waals surface area contributed by atoms with E-state index in [0.717, 1.165) is 11.1 Å². The number of aromatic hydroxyl groups is 1. The summed E-state index contributed by atoms with van der Waals surface area (Å²) in [4.78, 5) is 0.160. The minimum absolute atomic E-state index is 0.0809. The van der Waals surface area contributed by atoms with Gasteiger partial charge in [-0.15, -0.1) is 0 Å². The van der Waals surface area contributed by atoms with E-state index < -0.39 is 10.0 Å². The molecule has 0 heterocycles. The monoisotopic (exact) mass is 277 g/mol. The van der Waals surface area contributed by atoms with Gasteiger partial charge in [-0.25, -0.2) is 8.42 Å². The Morgan fingerprint density at radius 2 is 1.58 bits per heavy atom. The van der Waals surface area contributed by atoms with Gasteiger partial charge >= 0.3 is 0 Å². The van der Waals surface area contributed by atoms with E-state index in [9.17, 15) is 13.5 Å². The van der Waals surface area contributed by atoms with Crippen molar-refractivity contribution in [2.75, 3.05) is 4.72 Å². The quantitative estimate of drug-likeness (QED) is 0.848. The Balaban J connectivity index is 2.39. The second kappa shape index (κ2) is 4.93. The Hall–Kier alpha value is -2.01. The first-order valence-corrected chi connectivity index (χ1v) is 7.26. The molecule has 0 aliphatic heterocycles. The number of benzene rings is 2. The molecular formula is C14H15NO3S. The zero-order chi connectivity index (χ0) is 14.0. The summed E-state index contributed by atoms with van der Waals surface area (Å²) in [7, 11) is -3.68. The number of phenolic OH excluding ortho intramolecular Hbond substituents is 1. The number of anilines is 1. The van der Waals surface area contributed by atoms with Gasteiger partial charge in [0.25, 0.3) is 10.0 Å². The highest BCUT2D eigenvalue weighted by molar-refractivity contribution is 7.92. The number of sulfonamides is 1. The van der Waals surface area contributed by atoms with E-state index in [0.29, 0.717) is 0 Å². The number of hydrogen-bond acceptors (Lipinski definition) is 3. The molecule has 2 aromatic rings. The zero-order valence-electron chi connectivity index (χ0n) is 10.7. The van der Waals surface area contributed by atoms with E-state index in [2.05, 4.69) is 4.72 Å². The highest BCUT2D eigenvalue weighted by Crippen LogP contribution is 2.28. The normalized spacial score (nSPS) is 11.3. The van der Waals surface area contributed by atoms with Crippen LogP contribution < -0.4 is 4.72 Å². The maximum absolute atomic E-state index is 12.1. The number of rotatable bonds is 3. The number of nitrogens with one attached hydrogen (secondary N) is 1. The number of aryl methyl sites for hydroxylation is 2. The minimum atomic E-state index is -3.68. The van der Waals surface area contributed by atoms with Crippen LogP contribution in [-0.4, -0.2) is 13.5 Å². The van der Waals surface area contributed by atoms with Crippen LogP contribution in [0.2, 0.25) is 0 Å². The van der Waals surface area contributed by atoms with Crippen molar-refractivity contribution in [1.82, 2.24) is 0 Å². The van der Waals surface area contributed by atoms with Gasteiger partial charge in [-0.2, -0.15) is 0 Å². The molecule has 0 spiro atoms. The van der Waals surface area contributed by atoms with Gasteiger partial charge in [0, 0.05) is 0 Å². The molecule has 4 nitrogen and oxygen atoms in total. The van der Waals surface area contributed by atoms with Crippen LogP contribution in [0.3, 0.4) is 0 Å². The molecule has 0 saturated heterocycles. The van der Waals surface area contributed by atoms with Gasteiger partial charge in [-0.3, -0.25) is 4.72 Å². The summed E-state index contributed by atoms with van der Waals surface area (Å²) in [5, 5.41) is 9.80. The Morgan fingerprint density at radius 1 is 1.00 bits per heavy atom. The fourth-order valence-corrected chi connectivity index (χ4v) is 2.77. The van der Waals surface area contributed by atoms with Crippen molar-refractivity contribution in [2.24, 2.45) is 0 Å². The molecule has 2 aromatic carbocycles. The maximum atomic E-state index is 12.1. The van der Waals surface area contributed by atoms with E-state index in [1.54, 1.807) is 24.3 Å². The first-order valence-electron chi connectivity index (χ1n) is 5.78. The standard InChI is InChI=1S/C14H15NO3S/c1-10-8-13(14(16)9-11(10)2)15-19(17,18)12-6-4-3-5-7-12/h3-9,15-16H,1-2H3. The third-order valence-electron chi connectivity index (χ3n) is 2.91. The van der Waals surface area contributed by atoms with Crippen molar-refractivity contribution in [2.45, 2.75) is 18.7 Å². The van der Waals surface area contributed by atoms with Gasteiger partial charge in [0.05, 0.1) is 10.6 Å². The average molecular weight is 277 g/mol. The lowest BCUT2D eigenvalue weighted by Gasteiger charge is -2.11. The van der Waals surface area contributed by atoms with Gasteiger partial charge < -0.3 is 5.11 Å². The van der Waals surface area contributed by atoms with E-state index in [1.807, 2.05) is 13.8 Å². The average Bonchev–Trinajstić information content (AvgIpc) is 2.37. The second-order valence-corrected chi connectivity index (χ2v) is 6.05. The first kappa shape index (κ1) is 13.4. The molecule has 0 bridgehead atoms. The molecule has 19 heavy (non-hydrogen) atoms. The zero-order valence-corrected chi connectivity index (χ0v) is 11.5. The van der Waals surface area contributed by atoms with Crippen LogP contribution in [0.15, 0.2) is 47.4 Å². The van der Waals surface area contributed by atoms with Gasteiger partial charge in [-0.05, 0) is 49.2 Å². The van der Waals surface area contributed by atoms with Crippen molar-refractivity contribution in [3.63, 3.8) is 0 Å². The van der Waals surface area contributed by atoms with Gasteiger partial charge in [-0.1, -0.05) is 18.2 Å². The van der Waals surface area contributed by atoms with Crippen LogP contribution in [0.25, 0.3) is 0 Å². The molecule has 0 saturated carbocycles. The Kier molecular flexibility index (Phi) is 3.48. The predicted octanol–water partition coefficient (Wildman–Crippen LogP) is 2.81. The molecule has 0 aromatic heterocycles. The molecule has 0 amide bonds. The highest BCUT2D eigenvalue weighted by Gasteiger charge is 2.16. The molecule has 0 aliphatic carbocycles. The second-order valence-electron chi connectivity index (χ2n) is 4.37. The summed E-state index contributed by atoms with van der Waals surface area (Å²) in [5.74, 6) is -0.0809. The van der Waals surface area contributed by atoms with Crippen molar-refractivity contribution in [3.8, 4) is 5.75 Å². The molecule has 0 radical (unpaired) electrons. The summed E-state index contributed by atoms with van der Waals surface area (Å²) < 4.78 is 26.6. The Bertz CT molecular complexity index is 694. The molecule has 0 atom stereocenters. The fourth-order valence-electron chi connectivity index (χ4n) is 1.69. The van der Waals surface area contributed by atoms with E-state index in [4.69, 9.17) is 0 Å². The van der Waals surface area contributed by atoms with Crippen LogP contribution in [0.1, 0.15) is 11.1 Å².